The molecule has 5 nitrogen and oxygen atoms in total. The fraction of sp³-hybridized carbons (Fsp3) is 0.350. The summed E-state index contributed by atoms with van der Waals surface area (Å²) in [4.78, 5) is 12.3. The number of amides is 1. The van der Waals surface area contributed by atoms with Crippen LogP contribution in [0.4, 0.5) is 5.69 Å². The average Bonchev–Trinajstić information content (AvgIpc) is 2.62. The molecule has 0 aliphatic rings. The van der Waals surface area contributed by atoms with E-state index in [0.29, 0.717) is 11.3 Å². The van der Waals surface area contributed by atoms with Crippen molar-refractivity contribution in [2.24, 2.45) is 0 Å². The smallest absolute Gasteiger partial charge is 0.251 e. The van der Waals surface area contributed by atoms with Gasteiger partial charge in [0.05, 0.1) is 28.5 Å². The molecule has 152 valence electrons. The largest absolute Gasteiger partial charge is 0.350 e. The Morgan fingerprint density at radius 2 is 1.79 bits per heavy atom. The van der Waals surface area contributed by atoms with Gasteiger partial charge in [0.2, 0.25) is 10.0 Å². The number of benzene rings is 2. The van der Waals surface area contributed by atoms with Gasteiger partial charge in [0.25, 0.3) is 5.91 Å². The van der Waals surface area contributed by atoms with Gasteiger partial charge in [-0.15, -0.1) is 0 Å². The Hall–Kier alpha value is -1.76. The molecule has 0 unspecified atom stereocenters. The molecule has 0 aromatic heterocycles. The number of carbonyl (C=O) groups is 1. The lowest BCUT2D eigenvalue weighted by Crippen LogP contribution is -2.32. The number of halogens is 2. The second-order valence-electron chi connectivity index (χ2n) is 6.70. The molecule has 8 heteroatoms. The second-order valence-corrected chi connectivity index (χ2v) is 9.39. The molecule has 0 bridgehead atoms. The van der Waals surface area contributed by atoms with E-state index in [9.17, 15) is 13.2 Å². The van der Waals surface area contributed by atoms with Gasteiger partial charge in [-0.2, -0.15) is 0 Å². The molecule has 1 amide bonds. The number of anilines is 1. The molecule has 1 atom stereocenters. The monoisotopic (exact) mass is 442 g/mol. The Morgan fingerprint density at radius 1 is 1.14 bits per heavy atom. The van der Waals surface area contributed by atoms with Gasteiger partial charge >= 0.3 is 0 Å². The number of nitrogens with zero attached hydrogens (tertiary/aromatic N) is 1. The van der Waals surface area contributed by atoms with Crippen LogP contribution in [-0.4, -0.2) is 26.6 Å². The van der Waals surface area contributed by atoms with E-state index in [1.807, 2.05) is 6.92 Å². The van der Waals surface area contributed by atoms with E-state index in [4.69, 9.17) is 23.2 Å². The van der Waals surface area contributed by atoms with Crippen molar-refractivity contribution in [1.82, 2.24) is 5.32 Å². The molecule has 1 N–H and O–H groups in total. The topological polar surface area (TPSA) is 66.5 Å². The highest BCUT2D eigenvalue weighted by Crippen LogP contribution is 2.34. The van der Waals surface area contributed by atoms with Crippen molar-refractivity contribution < 1.29 is 13.2 Å². The molecule has 0 fully saturated rings. The quantitative estimate of drug-likeness (QED) is 0.633. The highest BCUT2D eigenvalue weighted by Gasteiger charge is 2.21. The molecule has 0 radical (unpaired) electrons. The molecular formula is C20H24Cl2N2O3S. The van der Waals surface area contributed by atoms with Crippen molar-refractivity contribution in [3.8, 4) is 0 Å². The Kier molecular flexibility index (Phi) is 7.75. The van der Waals surface area contributed by atoms with Crippen LogP contribution in [0.1, 0.15) is 42.6 Å². The minimum atomic E-state index is -3.59. The second kappa shape index (κ2) is 9.63. The average molecular weight is 443 g/mol. The van der Waals surface area contributed by atoms with Crippen molar-refractivity contribution in [2.45, 2.75) is 39.3 Å². The van der Waals surface area contributed by atoms with Gasteiger partial charge in [-0.05, 0) is 43.2 Å². The summed E-state index contributed by atoms with van der Waals surface area (Å²) < 4.78 is 25.8. The van der Waals surface area contributed by atoms with Gasteiger partial charge in [-0.25, -0.2) is 8.42 Å². The van der Waals surface area contributed by atoms with Crippen molar-refractivity contribution >= 4 is 44.8 Å². The lowest BCUT2D eigenvalue weighted by atomic mass is 10.1. The van der Waals surface area contributed by atoms with Crippen LogP contribution in [0.5, 0.6) is 0 Å². The zero-order chi connectivity index (χ0) is 20.9. The number of hydrogen-bond acceptors (Lipinski definition) is 3. The highest BCUT2D eigenvalue weighted by atomic mass is 35.5. The van der Waals surface area contributed by atoms with Gasteiger partial charge in [0, 0.05) is 11.6 Å². The van der Waals surface area contributed by atoms with Crippen molar-refractivity contribution in [3.63, 3.8) is 0 Å². The van der Waals surface area contributed by atoms with Crippen LogP contribution in [-0.2, 0) is 16.6 Å². The maximum Gasteiger partial charge on any atom is 0.251 e. The minimum absolute atomic E-state index is 0.0764. The van der Waals surface area contributed by atoms with E-state index in [-0.39, 0.29) is 28.5 Å². The van der Waals surface area contributed by atoms with E-state index in [1.165, 1.54) is 4.31 Å². The fourth-order valence-electron chi connectivity index (χ4n) is 2.81. The molecule has 0 saturated heterocycles. The zero-order valence-corrected chi connectivity index (χ0v) is 18.4. The van der Waals surface area contributed by atoms with E-state index in [0.717, 1.165) is 24.7 Å². The number of hydrogen-bond donors (Lipinski definition) is 1. The predicted molar refractivity (Wildman–Crippen MR) is 116 cm³/mol. The van der Waals surface area contributed by atoms with E-state index in [2.05, 4.69) is 12.2 Å². The third-order valence-corrected chi connectivity index (χ3v) is 6.18. The predicted octanol–water partition coefficient (Wildman–Crippen LogP) is 4.88. The van der Waals surface area contributed by atoms with E-state index < -0.39 is 10.0 Å². The minimum Gasteiger partial charge on any atom is -0.350 e. The molecule has 0 aliphatic heterocycles. The van der Waals surface area contributed by atoms with Gasteiger partial charge in [-0.3, -0.25) is 9.10 Å². The number of sulfonamides is 1. The summed E-state index contributed by atoms with van der Waals surface area (Å²) in [7, 11) is -3.59. The SMILES string of the molecule is CCC[C@H](C)NC(=O)c1ccc(CN(c2cccc(Cl)c2Cl)S(C)(=O)=O)cc1. The number of rotatable bonds is 8. The van der Waals surface area contributed by atoms with Crippen molar-refractivity contribution in [2.75, 3.05) is 10.6 Å². The molecule has 2 aromatic carbocycles. The lowest BCUT2D eigenvalue weighted by Gasteiger charge is -2.24. The fourth-order valence-corrected chi connectivity index (χ4v) is 4.15. The Labute approximate surface area is 176 Å². The standard InChI is InChI=1S/C20H24Cl2N2O3S/c1-4-6-14(2)23-20(25)16-11-9-15(10-12-16)13-24(28(3,26)27)18-8-5-7-17(21)19(18)22/h5,7-12,14H,4,6,13H2,1-3H3,(H,23,25)/t14-/m0/s1. The summed E-state index contributed by atoms with van der Waals surface area (Å²) in [5.74, 6) is -0.148. The summed E-state index contributed by atoms with van der Waals surface area (Å²) in [6.45, 7) is 4.11. The van der Waals surface area contributed by atoms with Crippen LogP contribution < -0.4 is 9.62 Å². The highest BCUT2D eigenvalue weighted by molar-refractivity contribution is 7.92. The first-order chi connectivity index (χ1) is 13.1. The third-order valence-electron chi connectivity index (χ3n) is 4.24. The normalized spacial score (nSPS) is 12.5. The van der Waals surface area contributed by atoms with Crippen LogP contribution >= 0.6 is 23.2 Å². The maximum absolute atomic E-state index is 12.3. The first-order valence-corrected chi connectivity index (χ1v) is 11.6. The summed E-state index contributed by atoms with van der Waals surface area (Å²) >= 11 is 12.2. The van der Waals surface area contributed by atoms with Crippen LogP contribution in [0.2, 0.25) is 10.0 Å². The summed E-state index contributed by atoms with van der Waals surface area (Å²) in [6, 6.07) is 11.8. The molecule has 0 saturated carbocycles. The van der Waals surface area contributed by atoms with Crippen LogP contribution in [0, 0.1) is 0 Å². The van der Waals surface area contributed by atoms with E-state index >= 15 is 0 Å². The van der Waals surface area contributed by atoms with E-state index in [1.54, 1.807) is 42.5 Å². The van der Waals surface area contributed by atoms with Crippen LogP contribution in [0.15, 0.2) is 42.5 Å². The van der Waals surface area contributed by atoms with Crippen molar-refractivity contribution in [1.29, 1.82) is 0 Å². The Bertz CT molecular complexity index is 931. The van der Waals surface area contributed by atoms with Gasteiger partial charge in [-0.1, -0.05) is 54.7 Å². The first-order valence-electron chi connectivity index (χ1n) is 8.95. The summed E-state index contributed by atoms with van der Waals surface area (Å²) in [5, 5.41) is 3.40. The van der Waals surface area contributed by atoms with Gasteiger partial charge < -0.3 is 5.32 Å². The number of carbonyl (C=O) groups excluding carboxylic acids is 1. The summed E-state index contributed by atoms with van der Waals surface area (Å²) in [5.41, 5.74) is 1.56. The third kappa shape index (κ3) is 5.87. The van der Waals surface area contributed by atoms with Crippen LogP contribution in [0.3, 0.4) is 0 Å². The zero-order valence-electron chi connectivity index (χ0n) is 16.1. The maximum atomic E-state index is 12.3. The molecular weight excluding hydrogens is 419 g/mol. The molecule has 28 heavy (non-hydrogen) atoms. The van der Waals surface area contributed by atoms with Crippen molar-refractivity contribution in [3.05, 3.63) is 63.6 Å². The summed E-state index contributed by atoms with van der Waals surface area (Å²) in [6.07, 6.45) is 3.02. The lowest BCUT2D eigenvalue weighted by molar-refractivity contribution is 0.0938. The molecule has 0 heterocycles. The first kappa shape index (κ1) is 22.5. The Balaban J connectivity index is 2.22. The molecule has 2 rings (SSSR count). The molecule has 0 aliphatic carbocycles. The Morgan fingerprint density at radius 3 is 2.36 bits per heavy atom. The molecule has 0 spiro atoms. The van der Waals surface area contributed by atoms with Gasteiger partial charge in [0.1, 0.15) is 0 Å². The van der Waals surface area contributed by atoms with Gasteiger partial charge in [0.15, 0.2) is 0 Å². The van der Waals surface area contributed by atoms with Crippen LogP contribution in [0.25, 0.3) is 0 Å². The molecule has 2 aromatic rings. The number of nitrogens with one attached hydrogen (secondary N) is 1.